The van der Waals surface area contributed by atoms with Crippen molar-refractivity contribution in [3.05, 3.63) is 241 Å². The Morgan fingerprint density at radius 2 is 0.897 bits per heavy atom. The van der Waals surface area contributed by atoms with E-state index in [2.05, 4.69) is 246 Å². The van der Waals surface area contributed by atoms with Crippen molar-refractivity contribution in [2.75, 3.05) is 4.90 Å². The van der Waals surface area contributed by atoms with Gasteiger partial charge in [-0.3, -0.25) is 0 Å². The molecule has 0 fully saturated rings. The van der Waals surface area contributed by atoms with E-state index in [0.717, 1.165) is 39.2 Å². The van der Waals surface area contributed by atoms with Crippen LogP contribution in [0.25, 0.3) is 100 Å². The molecule has 2 aromatic heterocycles. The lowest BCUT2D eigenvalue weighted by Crippen LogP contribution is -2.57. The van der Waals surface area contributed by atoms with Gasteiger partial charge in [0.15, 0.2) is 17.5 Å². The molecule has 0 bridgehead atoms. The topological polar surface area (TPSA) is 46.8 Å². The zero-order chi connectivity index (χ0) is 53.0. The van der Waals surface area contributed by atoms with Crippen molar-refractivity contribution >= 4 is 56.6 Å². The third-order valence-electron chi connectivity index (χ3n) is 16.3. The van der Waals surface area contributed by atoms with E-state index in [-0.39, 0.29) is 17.7 Å². The van der Waals surface area contributed by atoms with Gasteiger partial charge in [0.1, 0.15) is 0 Å². The average Bonchev–Trinajstić information content (AvgIpc) is 3.68. The molecule has 5 nitrogen and oxygen atoms in total. The summed E-state index contributed by atoms with van der Waals surface area (Å²) in [6.45, 7) is 16.3. The van der Waals surface area contributed by atoms with Crippen molar-refractivity contribution < 1.29 is 0 Å². The largest absolute Gasteiger partial charge is 0.375 e. The maximum Gasteiger partial charge on any atom is 0.333 e. The van der Waals surface area contributed by atoms with Crippen LogP contribution in [0, 0.1) is 6.92 Å². The van der Waals surface area contributed by atoms with Crippen LogP contribution in [0.4, 0.5) is 17.1 Å². The van der Waals surface area contributed by atoms with E-state index < -0.39 is 0 Å². The number of fused-ring (bicyclic) bond motifs is 7. The lowest BCUT2D eigenvalue weighted by Gasteiger charge is -2.42. The first-order valence-electron chi connectivity index (χ1n) is 27.3. The first-order valence-corrected chi connectivity index (χ1v) is 27.3. The predicted molar refractivity (Wildman–Crippen MR) is 328 cm³/mol. The van der Waals surface area contributed by atoms with Gasteiger partial charge in [-0.25, -0.2) is 15.0 Å². The lowest BCUT2D eigenvalue weighted by molar-refractivity contribution is 0.590. The second-order valence-corrected chi connectivity index (χ2v) is 23.3. The molecule has 0 atom stereocenters. The highest BCUT2D eigenvalue weighted by atomic mass is 15.2. The summed E-state index contributed by atoms with van der Waals surface area (Å²) in [7, 11) is 0. The lowest BCUT2D eigenvalue weighted by atomic mass is 9.44. The number of nitrogens with zero attached hydrogens (tertiary/aromatic N) is 5. The van der Waals surface area contributed by atoms with Crippen molar-refractivity contribution in [2.45, 2.75) is 59.3 Å². The number of rotatable bonds is 7. The molecule has 0 radical (unpaired) electrons. The maximum atomic E-state index is 5.21. The van der Waals surface area contributed by atoms with Crippen LogP contribution in [-0.2, 0) is 10.8 Å². The van der Waals surface area contributed by atoms with Crippen LogP contribution in [0.15, 0.2) is 224 Å². The molecular formula is C72H58BN5. The normalized spacial score (nSPS) is 12.8. The van der Waals surface area contributed by atoms with Crippen LogP contribution in [0.5, 0.6) is 0 Å². The highest BCUT2D eigenvalue weighted by Crippen LogP contribution is 2.50. The van der Waals surface area contributed by atoms with Gasteiger partial charge < -0.3 is 9.38 Å². The number of hydrogen-bond acceptors (Lipinski definition) is 4. The predicted octanol–water partition coefficient (Wildman–Crippen LogP) is 17.3. The van der Waals surface area contributed by atoms with Gasteiger partial charge in [-0.05, 0) is 139 Å². The van der Waals surface area contributed by atoms with Crippen LogP contribution >= 0.6 is 0 Å². The van der Waals surface area contributed by atoms with Crippen LogP contribution in [0.2, 0.25) is 0 Å². The van der Waals surface area contributed by atoms with Gasteiger partial charge in [0.05, 0.1) is 0 Å². The minimum Gasteiger partial charge on any atom is -0.375 e. The number of benzene rings is 10. The van der Waals surface area contributed by atoms with E-state index in [0.29, 0.717) is 17.5 Å². The summed E-state index contributed by atoms with van der Waals surface area (Å²) < 4.78 is 2.71. The summed E-state index contributed by atoms with van der Waals surface area (Å²) in [5.41, 5.74) is 24.7. The molecule has 0 amide bonds. The van der Waals surface area contributed by atoms with Gasteiger partial charge in [0.2, 0.25) is 0 Å². The third kappa shape index (κ3) is 7.80. The van der Waals surface area contributed by atoms with Crippen molar-refractivity contribution in [3.8, 4) is 78.7 Å². The smallest absolute Gasteiger partial charge is 0.333 e. The third-order valence-corrected chi connectivity index (χ3v) is 16.3. The van der Waals surface area contributed by atoms with Crippen LogP contribution in [-0.4, -0.2) is 26.3 Å². The Morgan fingerprint density at radius 3 is 1.50 bits per heavy atom. The summed E-state index contributed by atoms with van der Waals surface area (Å²) in [6.07, 6.45) is 0. The Labute approximate surface area is 457 Å². The zero-order valence-electron chi connectivity index (χ0n) is 45.2. The molecule has 12 aromatic rings. The molecule has 6 heteroatoms. The molecule has 0 spiro atoms. The fourth-order valence-corrected chi connectivity index (χ4v) is 12.3. The molecule has 0 unspecified atom stereocenters. The molecular weight excluding hydrogens is 946 g/mol. The Kier molecular flexibility index (Phi) is 10.9. The van der Waals surface area contributed by atoms with Crippen molar-refractivity contribution in [1.82, 2.24) is 19.4 Å². The van der Waals surface area contributed by atoms with Gasteiger partial charge in [0, 0.05) is 61.1 Å². The van der Waals surface area contributed by atoms with Gasteiger partial charge in [0.25, 0.3) is 0 Å². The summed E-state index contributed by atoms with van der Waals surface area (Å²) >= 11 is 0. The van der Waals surface area contributed by atoms with Crippen LogP contribution < -0.4 is 15.8 Å². The molecule has 374 valence electrons. The molecule has 0 saturated heterocycles. The van der Waals surface area contributed by atoms with Crippen LogP contribution in [0.3, 0.4) is 0 Å². The molecule has 2 aliphatic heterocycles. The second-order valence-electron chi connectivity index (χ2n) is 23.3. The Morgan fingerprint density at radius 1 is 0.385 bits per heavy atom. The van der Waals surface area contributed by atoms with Crippen molar-refractivity contribution in [1.29, 1.82) is 0 Å². The fourth-order valence-electron chi connectivity index (χ4n) is 12.3. The molecule has 2 aliphatic rings. The van der Waals surface area contributed by atoms with E-state index >= 15 is 0 Å². The van der Waals surface area contributed by atoms with Crippen molar-refractivity contribution in [2.24, 2.45) is 0 Å². The Bertz CT molecular complexity index is 4270. The molecule has 0 aliphatic carbocycles. The second kappa shape index (κ2) is 18.0. The number of aromatic nitrogens is 4. The summed E-state index contributed by atoms with van der Waals surface area (Å²) in [6, 6.07) is 82.0. The van der Waals surface area contributed by atoms with Gasteiger partial charge in [-0.2, -0.15) is 0 Å². The molecule has 10 aromatic carbocycles. The number of hydrogen-bond donors (Lipinski definition) is 0. The van der Waals surface area contributed by atoms with E-state index in [1.807, 2.05) is 36.4 Å². The van der Waals surface area contributed by atoms with E-state index in [1.165, 1.54) is 88.5 Å². The highest BCUT2D eigenvalue weighted by molar-refractivity contribution is 6.90. The SMILES string of the molecule is Cc1c(-c2cccc(-c3nc(-c4ccccc4)nc(-c4ccccc4)n3)c2)cc2c3c1-c1cc(C(C)(C)C)cc4c5cc(C(C)(C)C)ccc5n(c14)B3c1cc(-c3ccccc3)ccc1N2c1ccc(-c2ccccc2)cc1. The average molecular weight is 1000 g/mol. The monoisotopic (exact) mass is 1000 g/mol. The van der Waals surface area contributed by atoms with E-state index in [9.17, 15) is 0 Å². The van der Waals surface area contributed by atoms with E-state index in [1.54, 1.807) is 0 Å². The Balaban J connectivity index is 1.07. The molecule has 14 rings (SSSR count). The number of anilines is 3. The standard InChI is InChI=1S/C72H58BN5/c1-45-57(52-29-20-30-53(39-52)70-75-68(49-25-16-10-17-26-49)74-69(76-70)50-27-18-11-19-28-50)44-64-66-65(45)60-43-55(72(5,6)7)42-59-58-41-54(71(2,3)4)34-38-62(58)78(67(59)60)73(66)61-40-51(47-23-14-9-15-24-47)33-37-63(61)77(64)56-35-31-48(32-36-56)46-21-12-8-13-22-46/h8-44H,1-7H3. The summed E-state index contributed by atoms with van der Waals surface area (Å²) in [5.74, 6) is 1.91. The molecule has 0 N–H and O–H groups in total. The van der Waals surface area contributed by atoms with Gasteiger partial charge in [-0.15, -0.1) is 0 Å². The van der Waals surface area contributed by atoms with Gasteiger partial charge >= 0.3 is 6.85 Å². The zero-order valence-corrected chi connectivity index (χ0v) is 45.2. The Hall–Kier alpha value is -9.13. The first-order chi connectivity index (χ1) is 37.9. The first kappa shape index (κ1) is 47.3. The highest BCUT2D eigenvalue weighted by Gasteiger charge is 2.44. The van der Waals surface area contributed by atoms with Gasteiger partial charge in [-0.1, -0.05) is 211 Å². The molecule has 78 heavy (non-hydrogen) atoms. The van der Waals surface area contributed by atoms with E-state index in [4.69, 9.17) is 15.0 Å². The molecule has 0 saturated carbocycles. The maximum absolute atomic E-state index is 5.21. The summed E-state index contributed by atoms with van der Waals surface area (Å²) in [4.78, 5) is 18.0. The minimum absolute atomic E-state index is 0.0322. The molecule has 4 heterocycles. The minimum atomic E-state index is -0.140. The summed E-state index contributed by atoms with van der Waals surface area (Å²) in [5, 5.41) is 2.60. The van der Waals surface area contributed by atoms with Crippen LogP contribution in [0.1, 0.15) is 58.2 Å². The van der Waals surface area contributed by atoms with Crippen molar-refractivity contribution in [3.63, 3.8) is 0 Å². The quantitative estimate of drug-likeness (QED) is 0.149. The fraction of sp³-hybridized carbons (Fsp3) is 0.125.